The Bertz CT molecular complexity index is 337. The van der Waals surface area contributed by atoms with Crippen LogP contribution in [0.25, 0.3) is 0 Å². The Hall–Kier alpha value is -0.830. The third kappa shape index (κ3) is 2.71. The van der Waals surface area contributed by atoms with Gasteiger partial charge in [-0.15, -0.1) is 0 Å². The van der Waals surface area contributed by atoms with Gasteiger partial charge in [0.25, 0.3) is 0 Å². The minimum Gasteiger partial charge on any atom is -0.401 e. The predicted molar refractivity (Wildman–Crippen MR) is 72.5 cm³/mol. The van der Waals surface area contributed by atoms with Crippen LogP contribution < -0.4 is 5.73 Å². The lowest BCUT2D eigenvalue weighted by molar-refractivity contribution is -0.529. The van der Waals surface area contributed by atoms with Gasteiger partial charge in [-0.25, -0.2) is 4.58 Å². The molecule has 1 aliphatic heterocycles. The number of allylic oxidation sites excluding steroid dienone is 1. The second-order valence-corrected chi connectivity index (χ2v) is 5.07. The van der Waals surface area contributed by atoms with Crippen LogP contribution in [0.3, 0.4) is 0 Å². The highest BCUT2D eigenvalue weighted by atomic mass is 15.1. The molecule has 3 nitrogen and oxygen atoms in total. The molecule has 0 amide bonds. The van der Waals surface area contributed by atoms with Crippen molar-refractivity contribution in [3.05, 3.63) is 11.3 Å². The van der Waals surface area contributed by atoms with Crippen LogP contribution >= 0.6 is 0 Å². The molecule has 0 spiro atoms. The molecule has 2 rings (SSSR count). The summed E-state index contributed by atoms with van der Waals surface area (Å²) in [6, 6.07) is 0. The molecule has 0 radical (unpaired) electrons. The van der Waals surface area contributed by atoms with E-state index in [4.69, 9.17) is 5.73 Å². The van der Waals surface area contributed by atoms with Crippen LogP contribution in [0.2, 0.25) is 0 Å². The standard InChI is InChI=1S/C14H25N3/c1-3-16(4-2)10-11-17-9-8-13(15)12-6-5-7-14(12)17/h15H,3-11H2,1-2H3/p+1. The van der Waals surface area contributed by atoms with Crippen molar-refractivity contribution in [2.24, 2.45) is 5.73 Å². The van der Waals surface area contributed by atoms with E-state index in [1.165, 1.54) is 37.9 Å². The Kier molecular flexibility index (Phi) is 4.21. The average Bonchev–Trinajstić information content (AvgIpc) is 2.83. The van der Waals surface area contributed by atoms with E-state index in [0.717, 1.165) is 31.8 Å². The lowest BCUT2D eigenvalue weighted by Crippen LogP contribution is -2.36. The molecule has 3 heteroatoms. The maximum absolute atomic E-state index is 6.11. The molecule has 0 saturated heterocycles. The molecule has 1 saturated carbocycles. The quantitative estimate of drug-likeness (QED) is 0.735. The van der Waals surface area contributed by atoms with Crippen LogP contribution in [0.1, 0.15) is 39.5 Å². The number of fused-ring (bicyclic) bond motifs is 1. The summed E-state index contributed by atoms with van der Waals surface area (Å²) in [4.78, 5) is 2.50. The van der Waals surface area contributed by atoms with Crippen LogP contribution in [0.5, 0.6) is 0 Å². The number of likely N-dealkylation sites (N-methyl/N-ethyl adjacent to an activating group) is 1. The number of nitrogens with zero attached hydrogens (tertiary/aromatic N) is 2. The van der Waals surface area contributed by atoms with Gasteiger partial charge in [0, 0.05) is 24.1 Å². The Morgan fingerprint density at radius 1 is 1.18 bits per heavy atom. The van der Waals surface area contributed by atoms with E-state index in [1.807, 2.05) is 0 Å². The topological polar surface area (TPSA) is 32.3 Å². The van der Waals surface area contributed by atoms with Crippen LogP contribution in [0, 0.1) is 0 Å². The molecular weight excluding hydrogens is 210 g/mol. The fraction of sp³-hybridized carbons (Fsp3) is 0.786. The molecule has 0 bridgehead atoms. The van der Waals surface area contributed by atoms with Gasteiger partial charge in [-0.2, -0.15) is 0 Å². The minimum absolute atomic E-state index is 1.07. The zero-order valence-electron chi connectivity index (χ0n) is 11.3. The monoisotopic (exact) mass is 236 g/mol. The van der Waals surface area contributed by atoms with E-state index in [0.29, 0.717) is 0 Å². The number of hydrogen-bond donors (Lipinski definition) is 1. The Morgan fingerprint density at radius 3 is 2.65 bits per heavy atom. The van der Waals surface area contributed by atoms with Gasteiger partial charge < -0.3 is 5.73 Å². The Labute approximate surface area is 105 Å². The smallest absolute Gasteiger partial charge is 0.181 e. The molecule has 1 heterocycles. The maximum Gasteiger partial charge on any atom is 0.181 e. The van der Waals surface area contributed by atoms with Crippen molar-refractivity contribution >= 4 is 5.71 Å². The van der Waals surface area contributed by atoms with Gasteiger partial charge in [0.1, 0.15) is 6.54 Å². The zero-order valence-corrected chi connectivity index (χ0v) is 11.3. The summed E-state index contributed by atoms with van der Waals surface area (Å²) in [6.07, 6.45) is 4.82. The van der Waals surface area contributed by atoms with Crippen molar-refractivity contribution < 1.29 is 4.58 Å². The number of rotatable bonds is 5. The van der Waals surface area contributed by atoms with Gasteiger partial charge in [-0.3, -0.25) is 4.90 Å². The molecule has 1 fully saturated rings. The lowest BCUT2D eigenvalue weighted by Gasteiger charge is -2.20. The van der Waals surface area contributed by atoms with Crippen LogP contribution in [0.4, 0.5) is 0 Å². The summed E-state index contributed by atoms with van der Waals surface area (Å²) < 4.78 is 2.58. The third-order valence-corrected chi connectivity index (χ3v) is 4.19. The third-order valence-electron chi connectivity index (χ3n) is 4.19. The number of nitrogens with two attached hydrogens (primary N) is 1. The van der Waals surface area contributed by atoms with Gasteiger partial charge in [0.15, 0.2) is 12.3 Å². The average molecular weight is 236 g/mol. The highest BCUT2D eigenvalue weighted by molar-refractivity contribution is 5.99. The maximum atomic E-state index is 6.11. The lowest BCUT2D eigenvalue weighted by atomic mass is 10.1. The highest BCUT2D eigenvalue weighted by Gasteiger charge is 2.30. The SMILES string of the molecule is CCN(CC)CC[N+]1=C2CCCC2=C(N)CC1. The fourth-order valence-corrected chi connectivity index (χ4v) is 3.01. The molecule has 0 aromatic heterocycles. The van der Waals surface area contributed by atoms with Gasteiger partial charge in [-0.1, -0.05) is 13.8 Å². The summed E-state index contributed by atoms with van der Waals surface area (Å²) in [5.41, 5.74) is 10.3. The second kappa shape index (κ2) is 5.67. The van der Waals surface area contributed by atoms with Crippen molar-refractivity contribution in [3.8, 4) is 0 Å². The van der Waals surface area contributed by atoms with E-state index >= 15 is 0 Å². The molecule has 17 heavy (non-hydrogen) atoms. The van der Waals surface area contributed by atoms with Crippen molar-refractivity contribution in [1.29, 1.82) is 0 Å². The minimum atomic E-state index is 1.07. The summed E-state index contributed by atoms with van der Waals surface area (Å²) in [5, 5.41) is 0. The van der Waals surface area contributed by atoms with E-state index in [9.17, 15) is 0 Å². The van der Waals surface area contributed by atoms with Crippen molar-refractivity contribution in [1.82, 2.24) is 4.90 Å². The molecule has 2 aliphatic rings. The molecular formula is C14H26N3+. The van der Waals surface area contributed by atoms with Crippen molar-refractivity contribution in [2.45, 2.75) is 39.5 Å². The molecule has 2 N–H and O–H groups in total. The van der Waals surface area contributed by atoms with Gasteiger partial charge >= 0.3 is 0 Å². The molecule has 1 aliphatic carbocycles. The second-order valence-electron chi connectivity index (χ2n) is 5.07. The largest absolute Gasteiger partial charge is 0.401 e. The van der Waals surface area contributed by atoms with E-state index in [2.05, 4.69) is 23.3 Å². The van der Waals surface area contributed by atoms with Gasteiger partial charge in [0.2, 0.25) is 0 Å². The Morgan fingerprint density at radius 2 is 1.94 bits per heavy atom. The fourth-order valence-electron chi connectivity index (χ4n) is 3.01. The first-order chi connectivity index (χ1) is 8.26. The van der Waals surface area contributed by atoms with E-state index < -0.39 is 0 Å². The van der Waals surface area contributed by atoms with Crippen molar-refractivity contribution in [3.63, 3.8) is 0 Å². The summed E-state index contributed by atoms with van der Waals surface area (Å²) >= 11 is 0. The first-order valence-electron chi connectivity index (χ1n) is 7.07. The molecule has 0 unspecified atom stereocenters. The molecule has 0 aromatic carbocycles. The molecule has 0 atom stereocenters. The summed E-state index contributed by atoms with van der Waals surface area (Å²) in [6.45, 7) is 10.3. The van der Waals surface area contributed by atoms with Crippen LogP contribution in [0.15, 0.2) is 11.3 Å². The van der Waals surface area contributed by atoms with Gasteiger partial charge in [-0.05, 0) is 25.9 Å². The summed E-state index contributed by atoms with van der Waals surface area (Å²) in [5.74, 6) is 0. The van der Waals surface area contributed by atoms with Crippen LogP contribution in [-0.4, -0.2) is 47.9 Å². The van der Waals surface area contributed by atoms with Crippen LogP contribution in [-0.2, 0) is 0 Å². The first kappa shape index (κ1) is 12.6. The number of hydrogen-bond acceptors (Lipinski definition) is 2. The highest BCUT2D eigenvalue weighted by Crippen LogP contribution is 2.27. The van der Waals surface area contributed by atoms with E-state index in [1.54, 1.807) is 5.71 Å². The molecule has 96 valence electrons. The molecule has 0 aromatic rings. The van der Waals surface area contributed by atoms with E-state index in [-0.39, 0.29) is 0 Å². The van der Waals surface area contributed by atoms with Crippen molar-refractivity contribution in [2.75, 3.05) is 32.7 Å². The predicted octanol–water partition coefficient (Wildman–Crippen LogP) is 1.58. The first-order valence-corrected chi connectivity index (χ1v) is 7.07. The zero-order chi connectivity index (χ0) is 12.3. The Balaban J connectivity index is 2.03. The normalized spacial score (nSPS) is 20.4. The summed E-state index contributed by atoms with van der Waals surface area (Å²) in [7, 11) is 0. The van der Waals surface area contributed by atoms with Gasteiger partial charge in [0.05, 0.1) is 6.54 Å².